The first-order valence-corrected chi connectivity index (χ1v) is 11.6. The molecule has 3 N–H and O–H groups in total. The van der Waals surface area contributed by atoms with Crippen molar-refractivity contribution in [2.45, 2.75) is 6.54 Å². The van der Waals surface area contributed by atoms with E-state index in [0.29, 0.717) is 16.4 Å². The van der Waals surface area contributed by atoms with Gasteiger partial charge in [-0.3, -0.25) is 19.0 Å². The average Bonchev–Trinajstić information content (AvgIpc) is 3.52. The van der Waals surface area contributed by atoms with Crippen LogP contribution >= 0.6 is 11.6 Å². The SMILES string of the molecule is O=C1Nc2cc(/C=C/CNC(=O)c3cncn(Cc4ccc(Cl)nc4)c3=O)ccc2C1=Cc1cnc[nH]1. The highest BCUT2D eigenvalue weighted by Crippen LogP contribution is 2.33. The van der Waals surface area contributed by atoms with E-state index in [2.05, 4.69) is 30.6 Å². The summed E-state index contributed by atoms with van der Waals surface area (Å²) in [6.45, 7) is 0.410. The van der Waals surface area contributed by atoms with Gasteiger partial charge in [-0.25, -0.2) is 15.0 Å². The Labute approximate surface area is 215 Å². The fourth-order valence-electron chi connectivity index (χ4n) is 3.82. The first-order valence-electron chi connectivity index (χ1n) is 11.2. The molecule has 1 aliphatic rings. The van der Waals surface area contributed by atoms with Gasteiger partial charge in [0.2, 0.25) is 0 Å². The van der Waals surface area contributed by atoms with E-state index in [4.69, 9.17) is 11.6 Å². The molecule has 4 heterocycles. The summed E-state index contributed by atoms with van der Waals surface area (Å²) in [5, 5.41) is 5.92. The highest BCUT2D eigenvalue weighted by atomic mass is 35.5. The zero-order chi connectivity index (χ0) is 25.8. The van der Waals surface area contributed by atoms with Gasteiger partial charge < -0.3 is 15.6 Å². The van der Waals surface area contributed by atoms with Crippen molar-refractivity contribution in [1.82, 2.24) is 29.8 Å². The highest BCUT2D eigenvalue weighted by Gasteiger charge is 2.24. The second kappa shape index (κ2) is 10.4. The third-order valence-corrected chi connectivity index (χ3v) is 5.85. The number of fused-ring (bicyclic) bond motifs is 1. The molecule has 3 aromatic heterocycles. The molecule has 1 aliphatic heterocycles. The van der Waals surface area contributed by atoms with Crippen LogP contribution in [-0.4, -0.2) is 42.9 Å². The first kappa shape index (κ1) is 23.9. The summed E-state index contributed by atoms with van der Waals surface area (Å²) in [4.78, 5) is 52.7. The van der Waals surface area contributed by atoms with Crippen LogP contribution in [0.15, 0.2) is 72.4 Å². The van der Waals surface area contributed by atoms with E-state index in [1.54, 1.807) is 43.0 Å². The van der Waals surface area contributed by atoms with E-state index < -0.39 is 11.5 Å². The fraction of sp³-hybridized carbons (Fsp3) is 0.0769. The number of carbonyl (C=O) groups excluding carboxylic acids is 2. The Morgan fingerprint density at radius 2 is 2.00 bits per heavy atom. The summed E-state index contributed by atoms with van der Waals surface area (Å²) >= 11 is 5.80. The molecule has 0 radical (unpaired) electrons. The number of amides is 2. The molecule has 2 amide bonds. The number of pyridine rings is 1. The van der Waals surface area contributed by atoms with E-state index in [1.807, 2.05) is 24.3 Å². The van der Waals surface area contributed by atoms with Crippen molar-refractivity contribution >= 4 is 46.8 Å². The summed E-state index contributed by atoms with van der Waals surface area (Å²) < 4.78 is 1.34. The Morgan fingerprint density at radius 3 is 2.78 bits per heavy atom. The van der Waals surface area contributed by atoms with Crippen molar-refractivity contribution in [3.63, 3.8) is 0 Å². The van der Waals surface area contributed by atoms with Crippen molar-refractivity contribution in [2.75, 3.05) is 11.9 Å². The van der Waals surface area contributed by atoms with E-state index in [0.717, 1.165) is 22.4 Å². The predicted octanol–water partition coefficient (Wildman–Crippen LogP) is 3.00. The number of halogens is 1. The molecule has 184 valence electrons. The van der Waals surface area contributed by atoms with Crippen molar-refractivity contribution in [2.24, 2.45) is 0 Å². The van der Waals surface area contributed by atoms with Gasteiger partial charge >= 0.3 is 0 Å². The van der Waals surface area contributed by atoms with Crippen molar-refractivity contribution in [1.29, 1.82) is 0 Å². The average molecular weight is 514 g/mol. The number of nitrogens with zero attached hydrogens (tertiary/aromatic N) is 4. The Kier molecular flexibility index (Phi) is 6.73. The second-order valence-electron chi connectivity index (χ2n) is 8.17. The van der Waals surface area contributed by atoms with Gasteiger partial charge in [0.1, 0.15) is 10.7 Å². The molecule has 1 aromatic carbocycles. The largest absolute Gasteiger partial charge is 0.348 e. The lowest BCUT2D eigenvalue weighted by molar-refractivity contribution is -0.110. The zero-order valence-corrected chi connectivity index (χ0v) is 20.1. The minimum atomic E-state index is -0.527. The van der Waals surface area contributed by atoms with Gasteiger partial charge in [-0.15, -0.1) is 0 Å². The van der Waals surface area contributed by atoms with Crippen LogP contribution in [0.5, 0.6) is 0 Å². The van der Waals surface area contributed by atoms with Gasteiger partial charge in [0.15, 0.2) is 0 Å². The normalized spacial score (nSPS) is 13.6. The van der Waals surface area contributed by atoms with E-state index >= 15 is 0 Å². The quantitative estimate of drug-likeness (QED) is 0.257. The minimum Gasteiger partial charge on any atom is -0.348 e. The number of nitrogens with one attached hydrogen (secondary N) is 3. The number of rotatable bonds is 7. The standard InChI is InChI=1S/C26H20ClN7O3/c27-23-6-4-17(10-31-23)13-34-15-29-12-21(26(34)37)24(35)30-7-1-2-16-3-5-19-20(9-18-11-28-14-32-18)25(36)33-22(19)8-16/h1-6,8-12,14-15H,7,13H2,(H,28,32)(H,30,35)(H,33,36)/b2-1+,20-9?. The van der Waals surface area contributed by atoms with Gasteiger partial charge in [0.25, 0.3) is 17.4 Å². The lowest BCUT2D eigenvalue weighted by atomic mass is 10.0. The van der Waals surface area contributed by atoms with Gasteiger partial charge in [-0.1, -0.05) is 42.0 Å². The maximum atomic E-state index is 12.8. The van der Waals surface area contributed by atoms with Crippen LogP contribution in [0.3, 0.4) is 0 Å². The predicted molar refractivity (Wildman–Crippen MR) is 140 cm³/mol. The topological polar surface area (TPSA) is 135 Å². The number of aromatic amines is 1. The number of H-pyrrole nitrogens is 1. The molecule has 0 fully saturated rings. The summed E-state index contributed by atoms with van der Waals surface area (Å²) in [6.07, 6.45) is 12.7. The zero-order valence-electron chi connectivity index (χ0n) is 19.3. The lowest BCUT2D eigenvalue weighted by Gasteiger charge is -2.07. The first-order chi connectivity index (χ1) is 18.0. The molecule has 0 saturated heterocycles. The Bertz CT molecular complexity index is 1590. The minimum absolute atomic E-state index is 0.0605. The van der Waals surface area contributed by atoms with Crippen LogP contribution in [0.1, 0.15) is 32.7 Å². The molecule has 0 saturated carbocycles. The monoisotopic (exact) mass is 513 g/mol. The van der Waals surface area contributed by atoms with Crippen molar-refractivity contribution in [3.05, 3.63) is 111 Å². The van der Waals surface area contributed by atoms with E-state index in [-0.39, 0.29) is 24.6 Å². The molecule has 37 heavy (non-hydrogen) atoms. The third kappa shape index (κ3) is 5.39. The Balaban J connectivity index is 1.22. The number of carbonyl (C=O) groups is 2. The Morgan fingerprint density at radius 1 is 1.11 bits per heavy atom. The van der Waals surface area contributed by atoms with Crippen LogP contribution in [0.25, 0.3) is 17.7 Å². The number of hydrogen-bond acceptors (Lipinski definition) is 6. The second-order valence-corrected chi connectivity index (χ2v) is 8.55. The van der Waals surface area contributed by atoms with E-state index in [1.165, 1.54) is 17.1 Å². The molecular formula is C26H20ClN7O3. The number of imidazole rings is 1. The van der Waals surface area contributed by atoms with Gasteiger partial charge in [0, 0.05) is 30.2 Å². The molecule has 0 aliphatic carbocycles. The Hall–Kier alpha value is -4.83. The molecule has 4 aromatic rings. The lowest BCUT2D eigenvalue weighted by Crippen LogP contribution is -2.33. The highest BCUT2D eigenvalue weighted by molar-refractivity contribution is 6.34. The number of anilines is 1. The maximum Gasteiger partial charge on any atom is 0.266 e. The van der Waals surface area contributed by atoms with Crippen molar-refractivity contribution < 1.29 is 9.59 Å². The smallest absolute Gasteiger partial charge is 0.266 e. The van der Waals surface area contributed by atoms with Gasteiger partial charge in [-0.2, -0.15) is 0 Å². The number of benzene rings is 1. The van der Waals surface area contributed by atoms with Gasteiger partial charge in [-0.05, 0) is 29.3 Å². The molecule has 0 atom stereocenters. The van der Waals surface area contributed by atoms with Crippen LogP contribution in [-0.2, 0) is 11.3 Å². The molecule has 5 rings (SSSR count). The summed E-state index contributed by atoms with van der Waals surface area (Å²) in [6, 6.07) is 8.97. The van der Waals surface area contributed by atoms with Gasteiger partial charge in [0.05, 0.1) is 36.7 Å². The molecule has 0 bridgehead atoms. The van der Waals surface area contributed by atoms with Crippen LogP contribution < -0.4 is 16.2 Å². The molecular weight excluding hydrogens is 494 g/mol. The molecule has 0 spiro atoms. The fourth-order valence-corrected chi connectivity index (χ4v) is 3.93. The van der Waals surface area contributed by atoms with Crippen LogP contribution in [0.4, 0.5) is 5.69 Å². The number of hydrogen-bond donors (Lipinski definition) is 3. The maximum absolute atomic E-state index is 12.8. The molecule has 10 nitrogen and oxygen atoms in total. The van der Waals surface area contributed by atoms with E-state index in [9.17, 15) is 14.4 Å². The molecule has 11 heteroatoms. The molecule has 0 unspecified atom stereocenters. The number of aromatic nitrogens is 5. The van der Waals surface area contributed by atoms with Crippen molar-refractivity contribution in [3.8, 4) is 0 Å². The summed E-state index contributed by atoms with van der Waals surface area (Å²) in [7, 11) is 0. The summed E-state index contributed by atoms with van der Waals surface area (Å²) in [5.74, 6) is -0.715. The third-order valence-electron chi connectivity index (χ3n) is 5.62. The van der Waals surface area contributed by atoms with Crippen LogP contribution in [0.2, 0.25) is 5.15 Å². The van der Waals surface area contributed by atoms with Crippen LogP contribution in [0, 0.1) is 0 Å². The summed E-state index contributed by atoms with van der Waals surface area (Å²) in [5.41, 5.74) is 3.87.